The van der Waals surface area contributed by atoms with E-state index in [1.807, 2.05) is 12.3 Å². The quantitative estimate of drug-likeness (QED) is 0.799. The van der Waals surface area contributed by atoms with Crippen LogP contribution >= 0.6 is 0 Å². The van der Waals surface area contributed by atoms with Crippen molar-refractivity contribution in [2.45, 2.75) is 58.5 Å². The van der Waals surface area contributed by atoms with E-state index in [2.05, 4.69) is 58.4 Å². The minimum Gasteiger partial charge on any atom is -0.465 e. The first kappa shape index (κ1) is 15.8. The van der Waals surface area contributed by atoms with Gasteiger partial charge in [0.1, 0.15) is 13.6 Å². The number of hydrogen-bond donors (Lipinski definition) is 0. The van der Waals surface area contributed by atoms with E-state index in [0.717, 1.165) is 21.9 Å². The lowest BCUT2D eigenvalue weighted by Crippen LogP contribution is -2.41. The number of pyridine rings is 1. The summed E-state index contributed by atoms with van der Waals surface area (Å²) in [4.78, 5) is 4.52. The minimum atomic E-state index is -1.48. The number of hydrogen-bond acceptors (Lipinski definition) is 4. The molecule has 2 aromatic heterocycles. The number of fused-ring (bicyclic) bond motifs is 1. The molecular weight excluding hydrogens is 293 g/mol. The second-order valence-electron chi connectivity index (χ2n) is 8.10. The van der Waals surface area contributed by atoms with Gasteiger partial charge in [-0.15, -0.1) is 0 Å². The highest BCUT2D eigenvalue weighted by atomic mass is 28.3. The molecule has 0 amide bonds. The maximum Gasteiger partial charge on any atom is 0.496 e. The Morgan fingerprint density at radius 3 is 2.14 bits per heavy atom. The fourth-order valence-electron chi connectivity index (χ4n) is 2.41. The Bertz CT molecular complexity index is 702. The Hall–Kier alpha value is -1.11. The summed E-state index contributed by atoms with van der Waals surface area (Å²) in [5.41, 5.74) is 1.92. The molecule has 0 unspecified atom stereocenters. The monoisotopic (exact) mass is 317 g/mol. The van der Waals surface area contributed by atoms with Crippen LogP contribution in [0.2, 0.25) is 19.6 Å². The molecule has 0 aromatic carbocycles. The zero-order chi connectivity index (χ0) is 16.3. The van der Waals surface area contributed by atoms with Gasteiger partial charge in [0, 0.05) is 17.7 Å². The average Bonchev–Trinajstić information content (AvgIpc) is 2.87. The molecule has 0 radical (unpaired) electrons. The summed E-state index contributed by atoms with van der Waals surface area (Å²) in [6.45, 7) is 15.0. The van der Waals surface area contributed by atoms with Crippen molar-refractivity contribution < 1.29 is 13.7 Å². The van der Waals surface area contributed by atoms with E-state index in [1.54, 1.807) is 0 Å². The van der Waals surface area contributed by atoms with Crippen molar-refractivity contribution in [3.8, 4) is 0 Å². The van der Waals surface area contributed by atoms with Gasteiger partial charge < -0.3 is 13.7 Å². The van der Waals surface area contributed by atoms with Crippen LogP contribution in [0.3, 0.4) is 0 Å². The van der Waals surface area contributed by atoms with Crippen LogP contribution in [0.5, 0.6) is 0 Å². The van der Waals surface area contributed by atoms with Gasteiger partial charge in [-0.25, -0.2) is 0 Å². The van der Waals surface area contributed by atoms with Crippen LogP contribution in [0.1, 0.15) is 27.7 Å². The summed E-state index contributed by atoms with van der Waals surface area (Å²) in [6.07, 6.45) is 1.83. The van der Waals surface area contributed by atoms with E-state index in [0.29, 0.717) is 0 Å². The minimum absolute atomic E-state index is 0.348. The Morgan fingerprint density at radius 1 is 1.00 bits per heavy atom. The molecule has 3 heterocycles. The molecule has 6 heteroatoms. The highest BCUT2D eigenvalue weighted by Crippen LogP contribution is 2.36. The Kier molecular flexibility index (Phi) is 3.37. The SMILES string of the molecule is CC1(C)OB(c2cnc3cc([Si](C)(C)C)oc3c2)OC1(C)C. The predicted molar refractivity (Wildman–Crippen MR) is 92.7 cm³/mol. The molecule has 2 aromatic rings. The second-order valence-corrected chi connectivity index (χ2v) is 13.1. The molecule has 1 saturated heterocycles. The van der Waals surface area contributed by atoms with Crippen molar-refractivity contribution in [2.75, 3.05) is 0 Å². The lowest BCUT2D eigenvalue weighted by molar-refractivity contribution is 0.00578. The van der Waals surface area contributed by atoms with Crippen molar-refractivity contribution in [1.29, 1.82) is 0 Å². The van der Waals surface area contributed by atoms with Gasteiger partial charge in [-0.1, -0.05) is 19.6 Å². The smallest absolute Gasteiger partial charge is 0.465 e. The van der Waals surface area contributed by atoms with Crippen LogP contribution in [0.25, 0.3) is 11.1 Å². The van der Waals surface area contributed by atoms with E-state index in [4.69, 9.17) is 13.7 Å². The number of nitrogens with zero attached hydrogens (tertiary/aromatic N) is 1. The zero-order valence-corrected chi connectivity index (χ0v) is 15.5. The van der Waals surface area contributed by atoms with E-state index in [1.165, 1.54) is 0 Å². The Morgan fingerprint density at radius 2 is 1.59 bits per heavy atom. The Balaban J connectivity index is 1.97. The van der Waals surface area contributed by atoms with Gasteiger partial charge in [-0.3, -0.25) is 4.98 Å². The largest absolute Gasteiger partial charge is 0.496 e. The molecule has 0 N–H and O–H groups in total. The molecule has 118 valence electrons. The van der Waals surface area contributed by atoms with E-state index >= 15 is 0 Å². The fraction of sp³-hybridized carbons (Fsp3) is 0.562. The summed E-state index contributed by atoms with van der Waals surface area (Å²) < 4.78 is 18.2. The average molecular weight is 317 g/mol. The number of rotatable bonds is 2. The van der Waals surface area contributed by atoms with Crippen LogP contribution in [0, 0.1) is 0 Å². The topological polar surface area (TPSA) is 44.5 Å². The molecule has 1 fully saturated rings. The fourth-order valence-corrected chi connectivity index (χ4v) is 3.40. The van der Waals surface area contributed by atoms with Crippen LogP contribution < -0.4 is 10.8 Å². The van der Waals surface area contributed by atoms with E-state index in [9.17, 15) is 0 Å². The van der Waals surface area contributed by atoms with Crippen molar-refractivity contribution >= 4 is 37.1 Å². The molecular formula is C16H24BNO3Si. The molecule has 4 nitrogen and oxygen atoms in total. The maximum atomic E-state index is 6.08. The highest BCUT2D eigenvalue weighted by Gasteiger charge is 2.51. The van der Waals surface area contributed by atoms with E-state index < -0.39 is 15.2 Å². The first-order valence-corrected chi connectivity index (χ1v) is 11.3. The maximum absolute atomic E-state index is 6.08. The van der Waals surface area contributed by atoms with Crippen LogP contribution in [0.4, 0.5) is 0 Å². The first-order chi connectivity index (χ1) is 9.99. The first-order valence-electron chi connectivity index (χ1n) is 7.75. The standard InChI is InChI=1S/C16H24BNO3Si/c1-15(2)16(3,4)21-17(20-15)11-8-13-12(18-10-11)9-14(19-13)22(5,6)7/h8-10H,1-7H3. The van der Waals surface area contributed by atoms with Crippen molar-refractivity contribution in [3.05, 3.63) is 18.3 Å². The summed E-state index contributed by atoms with van der Waals surface area (Å²) in [6, 6.07) is 4.06. The van der Waals surface area contributed by atoms with Crippen molar-refractivity contribution in [2.24, 2.45) is 0 Å². The third-order valence-electron chi connectivity index (χ3n) is 4.66. The van der Waals surface area contributed by atoms with Crippen molar-refractivity contribution in [1.82, 2.24) is 4.98 Å². The molecule has 1 aliphatic heterocycles. The molecule has 0 bridgehead atoms. The van der Waals surface area contributed by atoms with Crippen LogP contribution in [-0.4, -0.2) is 31.4 Å². The normalized spacial score (nSPS) is 20.8. The van der Waals surface area contributed by atoms with Crippen molar-refractivity contribution in [3.63, 3.8) is 0 Å². The van der Waals surface area contributed by atoms with Gasteiger partial charge in [-0.05, 0) is 33.8 Å². The Labute approximate surface area is 133 Å². The summed E-state index contributed by atoms with van der Waals surface area (Å²) in [7, 11) is -1.88. The molecule has 0 atom stereocenters. The van der Waals surface area contributed by atoms with E-state index in [-0.39, 0.29) is 11.2 Å². The molecule has 0 saturated carbocycles. The molecule has 22 heavy (non-hydrogen) atoms. The van der Waals surface area contributed by atoms with Gasteiger partial charge in [0.2, 0.25) is 0 Å². The third-order valence-corrected chi connectivity index (χ3v) is 6.38. The van der Waals surface area contributed by atoms with Crippen LogP contribution in [0.15, 0.2) is 22.7 Å². The van der Waals surface area contributed by atoms with Gasteiger partial charge in [-0.2, -0.15) is 0 Å². The van der Waals surface area contributed by atoms with Gasteiger partial charge >= 0.3 is 7.12 Å². The zero-order valence-electron chi connectivity index (χ0n) is 14.5. The molecule has 3 rings (SSSR count). The predicted octanol–water partition coefficient (Wildman–Crippen LogP) is 2.67. The number of furan rings is 1. The van der Waals surface area contributed by atoms with Crippen LogP contribution in [-0.2, 0) is 9.31 Å². The highest BCUT2D eigenvalue weighted by molar-refractivity contribution is 6.87. The lowest BCUT2D eigenvalue weighted by atomic mass is 9.80. The number of aromatic nitrogens is 1. The summed E-state index contributed by atoms with van der Waals surface area (Å²) in [5.74, 6) is 0. The van der Waals surface area contributed by atoms with Gasteiger partial charge in [0.05, 0.1) is 16.6 Å². The van der Waals surface area contributed by atoms with Gasteiger partial charge in [0.15, 0.2) is 5.58 Å². The summed E-state index contributed by atoms with van der Waals surface area (Å²) >= 11 is 0. The lowest BCUT2D eigenvalue weighted by Gasteiger charge is -2.32. The molecule has 1 aliphatic rings. The molecule has 0 aliphatic carbocycles. The second kappa shape index (κ2) is 4.69. The third kappa shape index (κ3) is 2.53. The van der Waals surface area contributed by atoms with Gasteiger partial charge in [0.25, 0.3) is 0 Å². The summed E-state index contributed by atoms with van der Waals surface area (Å²) in [5, 5.41) is 1.07. The molecule has 0 spiro atoms.